The van der Waals surface area contributed by atoms with Gasteiger partial charge in [0.25, 0.3) is 5.91 Å². The SMILES string of the molecule is C/C(=C\Cl)CN1C(=O)C(C)Oc2cc(N)ccc21. The molecular weight excluding hydrogens is 252 g/mol. The Morgan fingerprint density at radius 2 is 2.33 bits per heavy atom. The van der Waals surface area contributed by atoms with E-state index in [0.717, 1.165) is 11.3 Å². The van der Waals surface area contributed by atoms with Gasteiger partial charge < -0.3 is 15.4 Å². The average molecular weight is 267 g/mol. The van der Waals surface area contributed by atoms with Gasteiger partial charge in [-0.2, -0.15) is 0 Å². The van der Waals surface area contributed by atoms with Crippen LogP contribution in [0.3, 0.4) is 0 Å². The maximum Gasteiger partial charge on any atom is 0.268 e. The number of nitrogen functional groups attached to an aromatic ring is 1. The van der Waals surface area contributed by atoms with Gasteiger partial charge in [-0.3, -0.25) is 4.79 Å². The molecule has 0 bridgehead atoms. The van der Waals surface area contributed by atoms with Crippen LogP contribution in [-0.2, 0) is 4.79 Å². The molecule has 1 aliphatic heterocycles. The molecular formula is C13H15ClN2O2. The molecule has 0 spiro atoms. The Morgan fingerprint density at radius 3 is 3.00 bits per heavy atom. The number of rotatable bonds is 2. The van der Waals surface area contributed by atoms with Crippen LogP contribution in [0, 0.1) is 0 Å². The number of hydrogen-bond donors (Lipinski definition) is 1. The minimum atomic E-state index is -0.512. The summed E-state index contributed by atoms with van der Waals surface area (Å²) in [6.45, 7) is 4.05. The summed E-state index contributed by atoms with van der Waals surface area (Å²) >= 11 is 5.66. The van der Waals surface area contributed by atoms with Crippen molar-refractivity contribution < 1.29 is 9.53 Å². The highest BCUT2D eigenvalue weighted by atomic mass is 35.5. The second-order valence-corrected chi connectivity index (χ2v) is 4.59. The first-order valence-corrected chi connectivity index (χ1v) is 6.10. The van der Waals surface area contributed by atoms with Gasteiger partial charge in [0.1, 0.15) is 5.75 Å². The summed E-state index contributed by atoms with van der Waals surface area (Å²) < 4.78 is 5.55. The van der Waals surface area contributed by atoms with E-state index in [9.17, 15) is 4.79 Å². The number of hydrogen-bond acceptors (Lipinski definition) is 3. The number of benzene rings is 1. The topological polar surface area (TPSA) is 55.6 Å². The molecule has 1 aliphatic rings. The fraction of sp³-hybridized carbons (Fsp3) is 0.308. The molecule has 0 aliphatic carbocycles. The minimum absolute atomic E-state index is 0.0786. The number of amides is 1. The molecule has 1 heterocycles. The molecule has 1 aromatic rings. The van der Waals surface area contributed by atoms with Crippen LogP contribution in [0.2, 0.25) is 0 Å². The van der Waals surface area contributed by atoms with Crippen LogP contribution in [0.15, 0.2) is 29.3 Å². The molecule has 96 valence electrons. The first-order valence-electron chi connectivity index (χ1n) is 5.66. The zero-order chi connectivity index (χ0) is 13.3. The van der Waals surface area contributed by atoms with Crippen LogP contribution < -0.4 is 15.4 Å². The summed E-state index contributed by atoms with van der Waals surface area (Å²) in [6, 6.07) is 5.26. The first-order chi connectivity index (χ1) is 8.52. The molecule has 0 saturated heterocycles. The van der Waals surface area contributed by atoms with Crippen molar-refractivity contribution >= 4 is 28.9 Å². The molecule has 2 rings (SSSR count). The zero-order valence-electron chi connectivity index (χ0n) is 10.3. The van der Waals surface area contributed by atoms with Gasteiger partial charge in [0.05, 0.1) is 5.69 Å². The van der Waals surface area contributed by atoms with Crippen molar-refractivity contribution in [3.8, 4) is 5.75 Å². The maximum atomic E-state index is 12.1. The van der Waals surface area contributed by atoms with E-state index in [1.807, 2.05) is 6.92 Å². The Labute approximate surface area is 111 Å². The van der Waals surface area contributed by atoms with E-state index in [4.69, 9.17) is 22.1 Å². The number of ether oxygens (including phenoxy) is 1. The van der Waals surface area contributed by atoms with Crippen LogP contribution in [0.5, 0.6) is 5.75 Å². The van der Waals surface area contributed by atoms with E-state index in [1.165, 1.54) is 5.54 Å². The average Bonchev–Trinajstić information content (AvgIpc) is 2.34. The summed E-state index contributed by atoms with van der Waals surface area (Å²) in [5.74, 6) is 0.551. The van der Waals surface area contributed by atoms with Crippen molar-refractivity contribution in [1.29, 1.82) is 0 Å². The van der Waals surface area contributed by atoms with Crippen LogP contribution in [0.1, 0.15) is 13.8 Å². The van der Waals surface area contributed by atoms with Gasteiger partial charge in [0.15, 0.2) is 6.10 Å². The Kier molecular flexibility index (Phi) is 3.48. The molecule has 0 radical (unpaired) electrons. The molecule has 1 amide bonds. The van der Waals surface area contributed by atoms with Gasteiger partial charge in [0.2, 0.25) is 0 Å². The number of carbonyl (C=O) groups is 1. The highest BCUT2D eigenvalue weighted by Crippen LogP contribution is 2.35. The molecule has 1 aromatic carbocycles. The largest absolute Gasteiger partial charge is 0.479 e. The summed E-state index contributed by atoms with van der Waals surface area (Å²) in [5, 5.41) is 0. The zero-order valence-corrected chi connectivity index (χ0v) is 11.1. The Hall–Kier alpha value is -1.68. The highest BCUT2D eigenvalue weighted by Gasteiger charge is 2.31. The second kappa shape index (κ2) is 4.90. The fourth-order valence-electron chi connectivity index (χ4n) is 1.87. The van der Waals surface area contributed by atoms with E-state index in [1.54, 1.807) is 30.0 Å². The molecule has 2 N–H and O–H groups in total. The number of fused-ring (bicyclic) bond motifs is 1. The lowest BCUT2D eigenvalue weighted by Gasteiger charge is -2.33. The molecule has 5 heteroatoms. The quantitative estimate of drug-likeness (QED) is 0.837. The van der Waals surface area contributed by atoms with Gasteiger partial charge in [-0.15, -0.1) is 0 Å². The van der Waals surface area contributed by atoms with E-state index in [2.05, 4.69) is 0 Å². The number of anilines is 2. The van der Waals surface area contributed by atoms with Crippen LogP contribution in [-0.4, -0.2) is 18.6 Å². The maximum absolute atomic E-state index is 12.1. The smallest absolute Gasteiger partial charge is 0.268 e. The van der Waals surface area contributed by atoms with E-state index in [-0.39, 0.29) is 5.91 Å². The number of carbonyl (C=O) groups excluding carboxylic acids is 1. The number of nitrogens with zero attached hydrogens (tertiary/aromatic N) is 1. The lowest BCUT2D eigenvalue weighted by molar-refractivity contribution is -0.125. The Bertz CT molecular complexity index is 514. The lowest BCUT2D eigenvalue weighted by atomic mass is 10.1. The predicted molar refractivity (Wildman–Crippen MR) is 72.9 cm³/mol. The van der Waals surface area contributed by atoms with Gasteiger partial charge >= 0.3 is 0 Å². The summed E-state index contributed by atoms with van der Waals surface area (Å²) in [5.41, 5.74) is 9.44. The number of halogens is 1. The highest BCUT2D eigenvalue weighted by molar-refractivity contribution is 6.25. The van der Waals surface area contributed by atoms with Crippen molar-refractivity contribution in [3.63, 3.8) is 0 Å². The van der Waals surface area contributed by atoms with Crippen LogP contribution in [0.4, 0.5) is 11.4 Å². The fourth-order valence-corrected chi connectivity index (χ4v) is 1.94. The van der Waals surface area contributed by atoms with Gasteiger partial charge in [-0.1, -0.05) is 11.6 Å². The molecule has 1 unspecified atom stereocenters. The van der Waals surface area contributed by atoms with Crippen LogP contribution >= 0.6 is 11.6 Å². The second-order valence-electron chi connectivity index (χ2n) is 4.37. The third-order valence-corrected chi connectivity index (χ3v) is 3.16. The summed E-state index contributed by atoms with van der Waals surface area (Å²) in [6.07, 6.45) is -0.512. The predicted octanol–water partition coefficient (Wildman–Crippen LogP) is 2.53. The van der Waals surface area contributed by atoms with E-state index in [0.29, 0.717) is 18.0 Å². The number of nitrogens with two attached hydrogens (primary N) is 1. The van der Waals surface area contributed by atoms with Crippen LogP contribution in [0.25, 0.3) is 0 Å². The van der Waals surface area contributed by atoms with Gasteiger partial charge in [-0.05, 0) is 31.6 Å². The molecule has 0 aromatic heterocycles. The third-order valence-electron chi connectivity index (χ3n) is 2.79. The molecule has 0 fully saturated rings. The molecule has 1 atom stereocenters. The molecule has 4 nitrogen and oxygen atoms in total. The van der Waals surface area contributed by atoms with Gasteiger partial charge in [-0.25, -0.2) is 0 Å². The van der Waals surface area contributed by atoms with Gasteiger partial charge in [0, 0.05) is 23.8 Å². The molecule has 0 saturated carbocycles. The standard InChI is InChI=1S/C13H15ClN2O2/c1-8(6-14)7-16-11-4-3-10(15)5-12(11)18-9(2)13(16)17/h3-6,9H,7,15H2,1-2H3/b8-6+. The minimum Gasteiger partial charge on any atom is -0.479 e. The Morgan fingerprint density at radius 1 is 1.61 bits per heavy atom. The van der Waals surface area contributed by atoms with Crippen molar-refractivity contribution in [3.05, 3.63) is 29.3 Å². The normalized spacial score (nSPS) is 19.5. The van der Waals surface area contributed by atoms with Crippen molar-refractivity contribution in [1.82, 2.24) is 0 Å². The first kappa shape index (κ1) is 12.8. The van der Waals surface area contributed by atoms with Crippen molar-refractivity contribution in [2.45, 2.75) is 20.0 Å². The van der Waals surface area contributed by atoms with E-state index < -0.39 is 6.10 Å². The Balaban J connectivity index is 2.42. The lowest BCUT2D eigenvalue weighted by Crippen LogP contribution is -2.45. The summed E-state index contributed by atoms with van der Waals surface area (Å²) in [7, 11) is 0. The van der Waals surface area contributed by atoms with Crippen molar-refractivity contribution in [2.24, 2.45) is 0 Å². The summed E-state index contributed by atoms with van der Waals surface area (Å²) in [4.78, 5) is 13.8. The van der Waals surface area contributed by atoms with E-state index >= 15 is 0 Å². The monoisotopic (exact) mass is 266 g/mol. The third kappa shape index (κ3) is 2.29. The molecule has 18 heavy (non-hydrogen) atoms. The van der Waals surface area contributed by atoms with Crippen molar-refractivity contribution in [2.75, 3.05) is 17.2 Å².